The molecule has 3 amide bonds. The minimum Gasteiger partial charge on any atom is -0.491 e. The Morgan fingerprint density at radius 1 is 1.19 bits per heavy atom. The molecule has 1 aliphatic heterocycles. The lowest BCUT2D eigenvalue weighted by Gasteiger charge is -2.36. The first kappa shape index (κ1) is 26.9. The van der Waals surface area contributed by atoms with E-state index in [1.807, 2.05) is 0 Å². The van der Waals surface area contributed by atoms with Crippen molar-refractivity contribution in [2.24, 2.45) is 11.8 Å². The number of fused-ring (bicyclic) bond motifs is 1. The number of methoxy groups -OCH3 is 1. The zero-order valence-corrected chi connectivity index (χ0v) is 22.7. The van der Waals surface area contributed by atoms with Gasteiger partial charge < -0.3 is 29.5 Å². The zero-order chi connectivity index (χ0) is 26.7. The molecule has 2 aromatic rings. The highest BCUT2D eigenvalue weighted by Gasteiger charge is 2.31. The molecule has 0 bridgehead atoms. The number of nitrogens with zero attached hydrogens (tertiary/aromatic N) is 3. The third-order valence-corrected chi connectivity index (χ3v) is 7.29. The lowest BCUT2D eigenvalue weighted by molar-refractivity contribution is 0.00994. The number of benzene rings is 1. The molecule has 0 saturated heterocycles. The van der Waals surface area contributed by atoms with E-state index in [4.69, 9.17) is 14.0 Å². The molecular weight excluding hydrogens is 474 g/mol. The number of anilines is 2. The summed E-state index contributed by atoms with van der Waals surface area (Å²) in [5, 5.41) is 9.41. The molecule has 10 heteroatoms. The van der Waals surface area contributed by atoms with Crippen LogP contribution in [0.5, 0.6) is 5.75 Å². The van der Waals surface area contributed by atoms with Gasteiger partial charge in [0.25, 0.3) is 5.91 Å². The first-order valence-electron chi connectivity index (χ1n) is 13.0. The topological polar surface area (TPSA) is 109 Å². The van der Waals surface area contributed by atoms with E-state index >= 15 is 0 Å². The monoisotopic (exact) mass is 513 g/mol. The second kappa shape index (κ2) is 11.5. The number of nitrogens with one attached hydrogen (secondary N) is 2. The molecule has 2 aliphatic rings. The molecule has 2 N–H and O–H groups in total. The quantitative estimate of drug-likeness (QED) is 0.618. The lowest BCUT2D eigenvalue weighted by Crippen LogP contribution is -2.47. The molecule has 0 spiro atoms. The van der Waals surface area contributed by atoms with Gasteiger partial charge in [0.1, 0.15) is 23.7 Å². The Labute approximate surface area is 218 Å². The number of hydrogen-bond donors (Lipinski definition) is 2. The average Bonchev–Trinajstić information content (AvgIpc) is 3.64. The SMILES string of the molecule is CO[C@H]1CN(C)C(=O)c2cc(NC(=O)Nc3c(C)noc3C)ccc2OC[C@H](C)N(CC2CC2)C[C@H]1C. The van der Waals surface area contributed by atoms with Crippen LogP contribution in [-0.2, 0) is 4.74 Å². The number of carbonyl (C=O) groups excluding carboxylic acids is 2. The number of aryl methyl sites for hydroxylation is 2. The maximum Gasteiger partial charge on any atom is 0.323 e. The van der Waals surface area contributed by atoms with Crippen LogP contribution in [0.15, 0.2) is 22.7 Å². The summed E-state index contributed by atoms with van der Waals surface area (Å²) >= 11 is 0. The fourth-order valence-corrected chi connectivity index (χ4v) is 4.75. The molecule has 37 heavy (non-hydrogen) atoms. The molecule has 3 atom stereocenters. The van der Waals surface area contributed by atoms with Crippen molar-refractivity contribution in [1.29, 1.82) is 0 Å². The van der Waals surface area contributed by atoms with E-state index < -0.39 is 6.03 Å². The number of carbonyl (C=O) groups is 2. The third kappa shape index (κ3) is 6.61. The summed E-state index contributed by atoms with van der Waals surface area (Å²) in [6, 6.07) is 4.86. The summed E-state index contributed by atoms with van der Waals surface area (Å²) in [4.78, 5) is 30.3. The number of aromatic nitrogens is 1. The van der Waals surface area contributed by atoms with Gasteiger partial charge in [0.2, 0.25) is 0 Å². The number of rotatable bonds is 5. The van der Waals surface area contributed by atoms with Crippen molar-refractivity contribution >= 4 is 23.3 Å². The molecule has 1 saturated carbocycles. The van der Waals surface area contributed by atoms with Crippen molar-refractivity contribution in [3.63, 3.8) is 0 Å². The minimum atomic E-state index is -0.457. The molecule has 4 rings (SSSR count). The van der Waals surface area contributed by atoms with E-state index in [-0.39, 0.29) is 24.0 Å². The Morgan fingerprint density at radius 2 is 1.95 bits per heavy atom. The van der Waals surface area contributed by atoms with Crippen molar-refractivity contribution < 1.29 is 23.6 Å². The van der Waals surface area contributed by atoms with Crippen molar-refractivity contribution in [3.05, 3.63) is 35.2 Å². The van der Waals surface area contributed by atoms with Gasteiger partial charge in [-0.05, 0) is 63.6 Å². The van der Waals surface area contributed by atoms with E-state index in [1.54, 1.807) is 51.1 Å². The van der Waals surface area contributed by atoms with E-state index in [9.17, 15) is 9.59 Å². The second-order valence-corrected chi connectivity index (χ2v) is 10.5. The number of likely N-dealkylation sites (N-methyl/N-ethyl adjacent to an activating group) is 1. The van der Waals surface area contributed by atoms with Crippen LogP contribution >= 0.6 is 0 Å². The fourth-order valence-electron chi connectivity index (χ4n) is 4.75. The van der Waals surface area contributed by atoms with Gasteiger partial charge in [-0.15, -0.1) is 0 Å². The summed E-state index contributed by atoms with van der Waals surface area (Å²) in [5.74, 6) is 1.81. The summed E-state index contributed by atoms with van der Waals surface area (Å²) in [7, 11) is 3.47. The highest BCUT2D eigenvalue weighted by atomic mass is 16.5. The summed E-state index contributed by atoms with van der Waals surface area (Å²) in [5.41, 5.74) is 1.97. The van der Waals surface area contributed by atoms with Gasteiger partial charge in [-0.2, -0.15) is 0 Å². The lowest BCUT2D eigenvalue weighted by atomic mass is 10.0. The van der Waals surface area contributed by atoms with Crippen LogP contribution in [0.3, 0.4) is 0 Å². The molecule has 2 heterocycles. The van der Waals surface area contributed by atoms with E-state index in [0.29, 0.717) is 47.3 Å². The van der Waals surface area contributed by atoms with Gasteiger partial charge in [0.15, 0.2) is 5.76 Å². The number of ether oxygens (including phenoxy) is 2. The van der Waals surface area contributed by atoms with E-state index in [2.05, 4.69) is 34.5 Å². The number of amides is 3. The van der Waals surface area contributed by atoms with E-state index in [1.165, 1.54) is 12.8 Å². The molecular formula is C27H39N5O5. The zero-order valence-electron chi connectivity index (χ0n) is 22.7. The normalized spacial score (nSPS) is 23.5. The molecule has 1 fully saturated rings. The van der Waals surface area contributed by atoms with Gasteiger partial charge >= 0.3 is 6.03 Å². The Balaban J connectivity index is 1.57. The predicted molar refractivity (Wildman–Crippen MR) is 141 cm³/mol. The summed E-state index contributed by atoms with van der Waals surface area (Å²) < 4.78 is 17.2. The highest BCUT2D eigenvalue weighted by Crippen LogP contribution is 2.32. The molecule has 1 aromatic heterocycles. The minimum absolute atomic E-state index is 0.103. The Kier molecular flexibility index (Phi) is 8.39. The standard InChI is InChI=1S/C27H39N5O5/c1-16-12-32(13-20-7-8-20)17(2)15-36-23-10-9-21(11-22(23)26(33)31(5)14-24(16)35-6)28-27(34)29-25-18(3)30-37-19(25)4/h9-11,16-17,20,24H,7-8,12-15H2,1-6H3,(H2,28,29,34)/t16-,17+,24+/m1/s1. The van der Waals surface area contributed by atoms with Crippen molar-refractivity contribution in [2.75, 3.05) is 51.0 Å². The van der Waals surface area contributed by atoms with Crippen LogP contribution in [-0.4, -0.2) is 79.4 Å². The van der Waals surface area contributed by atoms with Crippen molar-refractivity contribution in [3.8, 4) is 5.75 Å². The number of urea groups is 1. The first-order chi connectivity index (χ1) is 17.7. The van der Waals surface area contributed by atoms with Crippen LogP contribution < -0.4 is 15.4 Å². The van der Waals surface area contributed by atoms with Gasteiger partial charge in [0.05, 0.1) is 11.7 Å². The fraction of sp³-hybridized carbons (Fsp3) is 0.593. The predicted octanol–water partition coefficient (Wildman–Crippen LogP) is 4.15. The molecule has 0 unspecified atom stereocenters. The van der Waals surface area contributed by atoms with Crippen LogP contribution in [0.2, 0.25) is 0 Å². The smallest absolute Gasteiger partial charge is 0.323 e. The Hall–Kier alpha value is -3.11. The second-order valence-electron chi connectivity index (χ2n) is 10.5. The maximum absolute atomic E-state index is 13.5. The third-order valence-electron chi connectivity index (χ3n) is 7.29. The van der Waals surface area contributed by atoms with E-state index in [0.717, 1.165) is 19.0 Å². The largest absolute Gasteiger partial charge is 0.491 e. The summed E-state index contributed by atoms with van der Waals surface area (Å²) in [6.45, 7) is 10.7. The van der Waals surface area contributed by atoms with Gasteiger partial charge in [-0.3, -0.25) is 9.69 Å². The average molecular weight is 514 g/mol. The van der Waals surface area contributed by atoms with Crippen molar-refractivity contribution in [1.82, 2.24) is 15.0 Å². The van der Waals surface area contributed by atoms with Crippen LogP contribution in [0, 0.1) is 25.7 Å². The summed E-state index contributed by atoms with van der Waals surface area (Å²) in [6.07, 6.45) is 2.46. The van der Waals surface area contributed by atoms with Gasteiger partial charge in [-0.25, -0.2) is 4.79 Å². The van der Waals surface area contributed by atoms with Crippen molar-refractivity contribution in [2.45, 2.75) is 52.7 Å². The van der Waals surface area contributed by atoms with Crippen LogP contribution in [0.4, 0.5) is 16.2 Å². The number of hydrogen-bond acceptors (Lipinski definition) is 7. The van der Waals surface area contributed by atoms with Crippen LogP contribution in [0.1, 0.15) is 48.5 Å². The first-order valence-corrected chi connectivity index (χ1v) is 13.0. The molecule has 1 aromatic carbocycles. The maximum atomic E-state index is 13.5. The highest BCUT2D eigenvalue weighted by molar-refractivity contribution is 6.02. The van der Waals surface area contributed by atoms with Gasteiger partial charge in [-0.1, -0.05) is 12.1 Å². The van der Waals surface area contributed by atoms with Crippen LogP contribution in [0.25, 0.3) is 0 Å². The Morgan fingerprint density at radius 3 is 2.59 bits per heavy atom. The molecule has 202 valence electrons. The Bertz CT molecular complexity index is 1100. The molecule has 10 nitrogen and oxygen atoms in total. The molecule has 1 aliphatic carbocycles. The van der Waals surface area contributed by atoms with Gasteiger partial charge in [0, 0.05) is 45.5 Å². The molecule has 0 radical (unpaired) electrons.